The first kappa shape index (κ1) is 11.2. The fourth-order valence-electron chi connectivity index (χ4n) is 1.88. The number of nitrogens with zero attached hydrogens (tertiary/aromatic N) is 2. The molecule has 0 radical (unpaired) electrons. The van der Waals surface area contributed by atoms with Crippen molar-refractivity contribution >= 4 is 33.3 Å². The topological polar surface area (TPSA) is 16.1 Å². The summed E-state index contributed by atoms with van der Waals surface area (Å²) in [6.45, 7) is 1.08. The van der Waals surface area contributed by atoms with Crippen LogP contribution in [0.3, 0.4) is 0 Å². The molecule has 0 N–H and O–H groups in total. The highest BCUT2D eigenvalue weighted by Gasteiger charge is 2.27. The standard InChI is InChI=1S/C11H14BrClN2/c1-15(7-8-4-9(12)5-8)11-3-2-10(13)6-14-11/h2-3,6,8-9H,4-5,7H2,1H3. The minimum atomic E-state index is 0.691. The number of hydrogen-bond donors (Lipinski definition) is 0. The van der Waals surface area contributed by atoms with E-state index in [1.165, 1.54) is 12.8 Å². The Morgan fingerprint density at radius 3 is 2.80 bits per heavy atom. The maximum absolute atomic E-state index is 5.79. The van der Waals surface area contributed by atoms with E-state index in [1.54, 1.807) is 6.20 Å². The predicted molar refractivity (Wildman–Crippen MR) is 68.0 cm³/mol. The lowest BCUT2D eigenvalue weighted by molar-refractivity contribution is 0.338. The molecule has 0 atom stereocenters. The van der Waals surface area contributed by atoms with Crippen LogP contribution in [0.1, 0.15) is 12.8 Å². The van der Waals surface area contributed by atoms with Crippen molar-refractivity contribution < 1.29 is 0 Å². The maximum Gasteiger partial charge on any atom is 0.128 e. The molecule has 1 saturated carbocycles. The van der Waals surface area contributed by atoms with E-state index in [-0.39, 0.29) is 0 Å². The molecule has 1 aliphatic rings. The second kappa shape index (κ2) is 4.71. The number of anilines is 1. The Morgan fingerprint density at radius 1 is 1.53 bits per heavy atom. The van der Waals surface area contributed by atoms with Crippen LogP contribution in [0.25, 0.3) is 0 Å². The lowest BCUT2D eigenvalue weighted by atomic mass is 9.85. The minimum absolute atomic E-state index is 0.691. The first-order valence-corrected chi connectivity index (χ1v) is 6.41. The number of pyridine rings is 1. The molecule has 0 amide bonds. The summed E-state index contributed by atoms with van der Waals surface area (Å²) in [5, 5.41) is 0.691. The Morgan fingerprint density at radius 2 is 2.27 bits per heavy atom. The number of hydrogen-bond acceptors (Lipinski definition) is 2. The minimum Gasteiger partial charge on any atom is -0.359 e. The molecule has 2 nitrogen and oxygen atoms in total. The molecule has 0 bridgehead atoms. The van der Waals surface area contributed by atoms with Crippen LogP contribution in [-0.4, -0.2) is 23.4 Å². The Kier molecular flexibility index (Phi) is 3.52. The van der Waals surface area contributed by atoms with E-state index in [2.05, 4.69) is 32.9 Å². The summed E-state index contributed by atoms with van der Waals surface area (Å²) in [6.07, 6.45) is 4.25. The largest absolute Gasteiger partial charge is 0.359 e. The third-order valence-electron chi connectivity index (χ3n) is 2.81. The van der Waals surface area contributed by atoms with Gasteiger partial charge in [0.05, 0.1) is 5.02 Å². The summed E-state index contributed by atoms with van der Waals surface area (Å²) in [7, 11) is 2.08. The van der Waals surface area contributed by atoms with Gasteiger partial charge in [-0.05, 0) is 30.9 Å². The Hall–Kier alpha value is -0.280. The van der Waals surface area contributed by atoms with E-state index < -0.39 is 0 Å². The van der Waals surface area contributed by atoms with Crippen LogP contribution < -0.4 is 4.90 Å². The smallest absolute Gasteiger partial charge is 0.128 e. The number of alkyl halides is 1. The van der Waals surface area contributed by atoms with E-state index in [0.717, 1.165) is 23.1 Å². The summed E-state index contributed by atoms with van der Waals surface area (Å²) >= 11 is 9.40. The van der Waals surface area contributed by atoms with Crippen molar-refractivity contribution in [2.45, 2.75) is 17.7 Å². The number of halogens is 2. The zero-order valence-corrected chi connectivity index (χ0v) is 11.0. The molecule has 0 saturated heterocycles. The number of aromatic nitrogens is 1. The highest BCUT2D eigenvalue weighted by Crippen LogP contribution is 2.34. The SMILES string of the molecule is CN(CC1CC(Br)C1)c1ccc(Cl)cn1. The predicted octanol–water partition coefficient (Wildman–Crippen LogP) is 3.34. The average Bonchev–Trinajstić information content (AvgIpc) is 2.16. The van der Waals surface area contributed by atoms with Crippen LogP contribution in [-0.2, 0) is 0 Å². The third kappa shape index (κ3) is 2.85. The molecule has 1 fully saturated rings. The Labute approximate surface area is 104 Å². The van der Waals surface area contributed by atoms with Gasteiger partial charge in [-0.25, -0.2) is 4.98 Å². The summed E-state index contributed by atoms with van der Waals surface area (Å²) in [5.41, 5.74) is 0. The highest BCUT2D eigenvalue weighted by molar-refractivity contribution is 9.09. The van der Waals surface area contributed by atoms with Crippen LogP contribution in [0.4, 0.5) is 5.82 Å². The monoisotopic (exact) mass is 288 g/mol. The van der Waals surface area contributed by atoms with Crippen LogP contribution >= 0.6 is 27.5 Å². The van der Waals surface area contributed by atoms with E-state index in [9.17, 15) is 0 Å². The van der Waals surface area contributed by atoms with Gasteiger partial charge >= 0.3 is 0 Å². The third-order valence-corrected chi connectivity index (χ3v) is 3.78. The van der Waals surface area contributed by atoms with E-state index in [0.29, 0.717) is 5.02 Å². The van der Waals surface area contributed by atoms with Gasteiger partial charge in [-0.2, -0.15) is 0 Å². The zero-order valence-electron chi connectivity index (χ0n) is 8.66. The molecule has 2 rings (SSSR count). The summed E-state index contributed by atoms with van der Waals surface area (Å²) in [4.78, 5) is 7.22. The molecule has 0 aliphatic heterocycles. The summed E-state index contributed by atoms with van der Waals surface area (Å²) in [6, 6.07) is 3.85. The zero-order chi connectivity index (χ0) is 10.8. The molecule has 82 valence electrons. The van der Waals surface area contributed by atoms with Gasteiger partial charge in [0.15, 0.2) is 0 Å². The van der Waals surface area contributed by atoms with Gasteiger partial charge in [0.1, 0.15) is 5.82 Å². The second-order valence-corrected chi connectivity index (χ2v) is 5.88. The average molecular weight is 290 g/mol. The van der Waals surface area contributed by atoms with Crippen LogP contribution in [0, 0.1) is 5.92 Å². The van der Waals surface area contributed by atoms with Gasteiger partial charge in [-0.15, -0.1) is 0 Å². The first-order chi connectivity index (χ1) is 7.15. The van der Waals surface area contributed by atoms with E-state index in [1.807, 2.05) is 12.1 Å². The Bertz CT molecular complexity index is 322. The summed E-state index contributed by atoms with van der Waals surface area (Å²) < 4.78 is 0. The van der Waals surface area contributed by atoms with Crippen LogP contribution in [0.15, 0.2) is 18.3 Å². The van der Waals surface area contributed by atoms with Gasteiger partial charge < -0.3 is 4.90 Å². The molecule has 1 aliphatic carbocycles. The van der Waals surface area contributed by atoms with Crippen molar-refractivity contribution in [1.82, 2.24) is 4.98 Å². The highest BCUT2D eigenvalue weighted by atomic mass is 79.9. The van der Waals surface area contributed by atoms with Crippen molar-refractivity contribution in [1.29, 1.82) is 0 Å². The summed E-state index contributed by atoms with van der Waals surface area (Å²) in [5.74, 6) is 1.80. The molecule has 0 aromatic carbocycles. The number of rotatable bonds is 3. The molecule has 1 aromatic heterocycles. The van der Waals surface area contributed by atoms with Gasteiger partial charge in [-0.1, -0.05) is 27.5 Å². The molecule has 1 aromatic rings. The van der Waals surface area contributed by atoms with E-state index >= 15 is 0 Å². The fraction of sp³-hybridized carbons (Fsp3) is 0.545. The van der Waals surface area contributed by atoms with Crippen molar-refractivity contribution in [3.8, 4) is 0 Å². The van der Waals surface area contributed by atoms with Gasteiger partial charge in [0.25, 0.3) is 0 Å². The maximum atomic E-state index is 5.79. The lowest BCUT2D eigenvalue weighted by Gasteiger charge is -2.34. The lowest BCUT2D eigenvalue weighted by Crippen LogP contribution is -2.34. The Balaban J connectivity index is 1.90. The fourth-order valence-corrected chi connectivity index (χ4v) is 3.05. The molecule has 0 unspecified atom stereocenters. The molecule has 15 heavy (non-hydrogen) atoms. The first-order valence-electron chi connectivity index (χ1n) is 5.12. The molecular weight excluding hydrogens is 275 g/mol. The van der Waals surface area contributed by atoms with Crippen molar-refractivity contribution in [3.63, 3.8) is 0 Å². The normalized spacial score (nSPS) is 24.7. The van der Waals surface area contributed by atoms with Gasteiger partial charge in [-0.3, -0.25) is 0 Å². The van der Waals surface area contributed by atoms with Crippen LogP contribution in [0.5, 0.6) is 0 Å². The quantitative estimate of drug-likeness (QED) is 0.793. The van der Waals surface area contributed by atoms with Crippen LogP contribution in [0.2, 0.25) is 5.02 Å². The molecule has 0 spiro atoms. The van der Waals surface area contributed by atoms with Gasteiger partial charge in [0, 0.05) is 24.6 Å². The second-order valence-electron chi connectivity index (χ2n) is 4.15. The molecule has 4 heteroatoms. The van der Waals surface area contributed by atoms with E-state index in [4.69, 9.17) is 11.6 Å². The van der Waals surface area contributed by atoms with Crippen molar-refractivity contribution in [2.75, 3.05) is 18.5 Å². The molecular formula is C11H14BrClN2. The van der Waals surface area contributed by atoms with Crippen molar-refractivity contribution in [2.24, 2.45) is 5.92 Å². The van der Waals surface area contributed by atoms with Crippen molar-refractivity contribution in [3.05, 3.63) is 23.4 Å². The van der Waals surface area contributed by atoms with Gasteiger partial charge in [0.2, 0.25) is 0 Å². The molecule has 1 heterocycles.